The Kier molecular flexibility index (Phi) is 6.33. The molecule has 0 radical (unpaired) electrons. The van der Waals surface area contributed by atoms with Crippen LogP contribution in [0.25, 0.3) is 0 Å². The van der Waals surface area contributed by atoms with E-state index in [-0.39, 0.29) is 0 Å². The minimum atomic E-state index is 0.562. The maximum atomic E-state index is 5.69. The molecule has 0 bridgehead atoms. The molecule has 0 aliphatic heterocycles. The zero-order valence-electron chi connectivity index (χ0n) is 12.2. The largest absolute Gasteiger partial charge is 0.326 e. The lowest BCUT2D eigenvalue weighted by Gasteiger charge is -2.30. The van der Waals surface area contributed by atoms with E-state index in [0.717, 1.165) is 19.6 Å². The summed E-state index contributed by atoms with van der Waals surface area (Å²) in [5.41, 5.74) is 8.25. The smallest absolute Gasteiger partial charge is 0.0237 e. The van der Waals surface area contributed by atoms with Crippen LogP contribution in [0.2, 0.25) is 0 Å². The molecule has 3 nitrogen and oxygen atoms in total. The van der Waals surface area contributed by atoms with E-state index >= 15 is 0 Å². The summed E-state index contributed by atoms with van der Waals surface area (Å²) in [4.78, 5) is 4.74. The third-order valence-electron chi connectivity index (χ3n) is 3.27. The van der Waals surface area contributed by atoms with Gasteiger partial charge in [-0.25, -0.2) is 0 Å². The van der Waals surface area contributed by atoms with Crippen molar-refractivity contribution < 1.29 is 0 Å². The van der Waals surface area contributed by atoms with E-state index in [1.54, 1.807) is 0 Å². The van der Waals surface area contributed by atoms with Crippen molar-refractivity contribution in [2.24, 2.45) is 5.73 Å². The lowest BCUT2D eigenvalue weighted by Crippen LogP contribution is -2.39. The van der Waals surface area contributed by atoms with Crippen molar-refractivity contribution in [3.05, 3.63) is 35.4 Å². The van der Waals surface area contributed by atoms with Gasteiger partial charge in [0, 0.05) is 25.7 Å². The number of nitrogens with zero attached hydrogens (tertiary/aromatic N) is 2. The maximum Gasteiger partial charge on any atom is 0.0237 e. The summed E-state index contributed by atoms with van der Waals surface area (Å²) in [5.74, 6) is 0. The number of hydrogen-bond donors (Lipinski definition) is 1. The second kappa shape index (κ2) is 7.52. The van der Waals surface area contributed by atoms with Crippen molar-refractivity contribution in [1.82, 2.24) is 9.80 Å². The van der Waals surface area contributed by atoms with Gasteiger partial charge < -0.3 is 10.6 Å². The van der Waals surface area contributed by atoms with E-state index in [2.05, 4.69) is 62.0 Å². The van der Waals surface area contributed by atoms with E-state index in [9.17, 15) is 0 Å². The Bertz CT molecular complexity index is 349. The average molecular weight is 249 g/mol. The Morgan fingerprint density at radius 3 is 2.44 bits per heavy atom. The third-order valence-corrected chi connectivity index (χ3v) is 3.27. The van der Waals surface area contributed by atoms with Crippen molar-refractivity contribution >= 4 is 0 Å². The van der Waals surface area contributed by atoms with Crippen LogP contribution in [0.4, 0.5) is 0 Å². The molecule has 3 heteroatoms. The van der Waals surface area contributed by atoms with Gasteiger partial charge in [-0.15, -0.1) is 0 Å². The van der Waals surface area contributed by atoms with Crippen LogP contribution in [0.3, 0.4) is 0 Å². The fraction of sp³-hybridized carbons (Fsp3) is 0.600. The Hall–Kier alpha value is -0.900. The molecule has 0 spiro atoms. The van der Waals surface area contributed by atoms with Crippen molar-refractivity contribution in [1.29, 1.82) is 0 Å². The third kappa shape index (κ3) is 4.77. The molecule has 0 aromatic heterocycles. The molecule has 0 fully saturated rings. The lowest BCUT2D eigenvalue weighted by atomic mass is 10.1. The van der Waals surface area contributed by atoms with Crippen LogP contribution in [0.5, 0.6) is 0 Å². The zero-order chi connectivity index (χ0) is 13.5. The second-order valence-corrected chi connectivity index (χ2v) is 5.20. The Morgan fingerprint density at radius 1 is 1.22 bits per heavy atom. The quantitative estimate of drug-likeness (QED) is 0.801. The van der Waals surface area contributed by atoms with Crippen LogP contribution in [-0.4, -0.2) is 43.0 Å². The van der Waals surface area contributed by atoms with Crippen LogP contribution in [0.15, 0.2) is 24.3 Å². The highest BCUT2D eigenvalue weighted by molar-refractivity contribution is 5.23. The minimum absolute atomic E-state index is 0.562. The summed E-state index contributed by atoms with van der Waals surface area (Å²) < 4.78 is 0. The van der Waals surface area contributed by atoms with Crippen molar-refractivity contribution in [2.45, 2.75) is 33.0 Å². The first-order valence-corrected chi connectivity index (χ1v) is 6.73. The number of rotatable bonds is 7. The molecule has 0 aliphatic rings. The van der Waals surface area contributed by atoms with Crippen LogP contribution in [-0.2, 0) is 13.1 Å². The van der Waals surface area contributed by atoms with Gasteiger partial charge in [-0.3, -0.25) is 4.90 Å². The van der Waals surface area contributed by atoms with Crippen LogP contribution < -0.4 is 5.73 Å². The number of hydrogen-bond acceptors (Lipinski definition) is 3. The first kappa shape index (κ1) is 15.2. The topological polar surface area (TPSA) is 32.5 Å². The van der Waals surface area contributed by atoms with Gasteiger partial charge in [0.05, 0.1) is 0 Å². The Labute approximate surface area is 112 Å². The van der Waals surface area contributed by atoms with Crippen LogP contribution >= 0.6 is 0 Å². The van der Waals surface area contributed by atoms with Crippen molar-refractivity contribution in [3.63, 3.8) is 0 Å². The van der Waals surface area contributed by atoms with Gasteiger partial charge in [-0.1, -0.05) is 31.2 Å². The van der Waals surface area contributed by atoms with E-state index < -0.39 is 0 Å². The summed E-state index contributed by atoms with van der Waals surface area (Å²) in [5, 5.41) is 0. The maximum absolute atomic E-state index is 5.69. The molecule has 0 aliphatic carbocycles. The summed E-state index contributed by atoms with van der Waals surface area (Å²) in [6.07, 6.45) is 0. The first-order valence-electron chi connectivity index (χ1n) is 6.73. The molecule has 1 aromatic rings. The average Bonchev–Trinajstić information content (AvgIpc) is 2.35. The number of nitrogens with two attached hydrogens (primary N) is 1. The molecule has 0 heterocycles. The van der Waals surface area contributed by atoms with E-state index in [0.29, 0.717) is 12.6 Å². The van der Waals surface area contributed by atoms with Gasteiger partial charge in [-0.2, -0.15) is 0 Å². The number of likely N-dealkylation sites (N-methyl/N-ethyl adjacent to an activating group) is 2. The minimum Gasteiger partial charge on any atom is -0.326 e. The highest BCUT2D eigenvalue weighted by Gasteiger charge is 2.13. The molecule has 1 atom stereocenters. The normalized spacial score (nSPS) is 13.3. The van der Waals surface area contributed by atoms with Crippen molar-refractivity contribution in [3.8, 4) is 0 Å². The summed E-state index contributed by atoms with van der Waals surface area (Å²) in [7, 11) is 4.25. The highest BCUT2D eigenvalue weighted by Crippen LogP contribution is 2.11. The van der Waals surface area contributed by atoms with Gasteiger partial charge in [0.15, 0.2) is 0 Å². The summed E-state index contributed by atoms with van der Waals surface area (Å²) in [6, 6.07) is 9.15. The summed E-state index contributed by atoms with van der Waals surface area (Å²) >= 11 is 0. The molecule has 2 N–H and O–H groups in total. The standard InChI is InChI=1S/C15H27N3/c1-5-18(13(2)11-17(3)4)12-15-8-6-7-14(9-15)10-16/h6-9,13H,5,10-12,16H2,1-4H3. The van der Waals surface area contributed by atoms with Crippen LogP contribution in [0.1, 0.15) is 25.0 Å². The predicted octanol–water partition coefficient (Wildman–Crippen LogP) is 1.92. The van der Waals surface area contributed by atoms with E-state index in [4.69, 9.17) is 5.73 Å². The molecule has 18 heavy (non-hydrogen) atoms. The zero-order valence-corrected chi connectivity index (χ0v) is 12.2. The highest BCUT2D eigenvalue weighted by atomic mass is 15.2. The number of benzene rings is 1. The van der Waals surface area contributed by atoms with Crippen molar-refractivity contribution in [2.75, 3.05) is 27.2 Å². The lowest BCUT2D eigenvalue weighted by molar-refractivity contribution is 0.174. The molecule has 1 aromatic carbocycles. The molecular formula is C15H27N3. The predicted molar refractivity (Wildman–Crippen MR) is 78.4 cm³/mol. The van der Waals surface area contributed by atoms with Gasteiger partial charge >= 0.3 is 0 Å². The van der Waals surface area contributed by atoms with E-state index in [1.165, 1.54) is 11.1 Å². The van der Waals surface area contributed by atoms with Gasteiger partial charge in [-0.05, 0) is 38.7 Å². The first-order chi connectivity index (χ1) is 8.56. The second-order valence-electron chi connectivity index (χ2n) is 5.20. The monoisotopic (exact) mass is 249 g/mol. The fourth-order valence-electron chi connectivity index (χ4n) is 2.31. The SMILES string of the molecule is CCN(Cc1cccc(CN)c1)C(C)CN(C)C. The summed E-state index contributed by atoms with van der Waals surface area (Å²) in [6.45, 7) is 8.29. The van der Waals surface area contributed by atoms with Crippen LogP contribution in [0, 0.1) is 0 Å². The Morgan fingerprint density at radius 2 is 1.89 bits per heavy atom. The Balaban J connectivity index is 2.66. The molecule has 0 saturated carbocycles. The van der Waals surface area contributed by atoms with Gasteiger partial charge in [0.1, 0.15) is 0 Å². The van der Waals surface area contributed by atoms with Gasteiger partial charge in [0.2, 0.25) is 0 Å². The molecule has 0 saturated heterocycles. The molecule has 1 rings (SSSR count). The molecule has 0 amide bonds. The van der Waals surface area contributed by atoms with Gasteiger partial charge in [0.25, 0.3) is 0 Å². The molecule has 102 valence electrons. The molecule has 1 unspecified atom stereocenters. The molecular weight excluding hydrogens is 222 g/mol. The fourth-order valence-corrected chi connectivity index (χ4v) is 2.31. The van der Waals surface area contributed by atoms with E-state index in [1.807, 2.05) is 0 Å².